The van der Waals surface area contributed by atoms with Crippen LogP contribution in [0.3, 0.4) is 0 Å². The maximum Gasteiger partial charge on any atom is 0.255 e. The number of rotatable bonds is 6. The highest BCUT2D eigenvalue weighted by molar-refractivity contribution is 6.37. The number of fused-ring (bicyclic) bond motifs is 1. The zero-order valence-corrected chi connectivity index (χ0v) is 18.5. The Bertz CT molecular complexity index is 1220. The molecule has 5 nitrogen and oxygen atoms in total. The smallest absolute Gasteiger partial charge is 0.255 e. The molecule has 4 rings (SSSR count). The van der Waals surface area contributed by atoms with Crippen LogP contribution < -0.4 is 10.1 Å². The first kappa shape index (κ1) is 21.2. The molecule has 1 heterocycles. The number of carbonyl (C=O) groups excluding carboxylic acids is 1. The summed E-state index contributed by atoms with van der Waals surface area (Å²) in [5.74, 6) is 1.09. The van der Waals surface area contributed by atoms with Crippen molar-refractivity contribution in [2.45, 2.75) is 26.4 Å². The van der Waals surface area contributed by atoms with Crippen molar-refractivity contribution in [2.75, 3.05) is 5.32 Å². The van der Waals surface area contributed by atoms with Gasteiger partial charge in [0.2, 0.25) is 0 Å². The molecule has 3 aromatic carbocycles. The van der Waals surface area contributed by atoms with Crippen molar-refractivity contribution < 1.29 is 13.9 Å². The molecule has 0 aliphatic carbocycles. The molecule has 7 heteroatoms. The summed E-state index contributed by atoms with van der Waals surface area (Å²) in [6.45, 7) is 3.92. The number of carbonyl (C=O) groups is 1. The molecular weight excluding hydrogens is 435 g/mol. The molecule has 0 unspecified atom stereocenters. The third-order valence-electron chi connectivity index (χ3n) is 4.51. The number of ether oxygens (including phenoxy) is 1. The molecule has 1 aromatic heterocycles. The minimum atomic E-state index is -0.186. The highest BCUT2D eigenvalue weighted by atomic mass is 35.5. The molecule has 0 radical (unpaired) electrons. The summed E-state index contributed by atoms with van der Waals surface area (Å²) in [4.78, 5) is 16.9. The van der Waals surface area contributed by atoms with Crippen molar-refractivity contribution in [3.05, 3.63) is 87.7 Å². The minimum absolute atomic E-state index is 0.0859. The summed E-state index contributed by atoms with van der Waals surface area (Å²) >= 11 is 12.2. The van der Waals surface area contributed by atoms with Gasteiger partial charge < -0.3 is 14.5 Å². The normalized spacial score (nSPS) is 11.1. The van der Waals surface area contributed by atoms with Gasteiger partial charge in [-0.1, -0.05) is 35.3 Å². The van der Waals surface area contributed by atoms with Crippen LogP contribution >= 0.6 is 23.2 Å². The summed E-state index contributed by atoms with van der Waals surface area (Å²) in [7, 11) is 0. The van der Waals surface area contributed by atoms with E-state index in [2.05, 4.69) is 10.3 Å². The van der Waals surface area contributed by atoms with E-state index in [-0.39, 0.29) is 12.0 Å². The molecule has 1 N–H and O–H groups in total. The van der Waals surface area contributed by atoms with E-state index in [1.807, 2.05) is 38.1 Å². The Balaban J connectivity index is 1.41. The lowest BCUT2D eigenvalue weighted by molar-refractivity contribution is 0.102. The van der Waals surface area contributed by atoms with Crippen LogP contribution in [0.5, 0.6) is 5.75 Å². The van der Waals surface area contributed by atoms with Crippen molar-refractivity contribution in [2.24, 2.45) is 0 Å². The van der Waals surface area contributed by atoms with Gasteiger partial charge in [-0.25, -0.2) is 4.98 Å². The molecule has 0 aliphatic rings. The Labute approximate surface area is 189 Å². The van der Waals surface area contributed by atoms with Gasteiger partial charge in [0.1, 0.15) is 11.3 Å². The van der Waals surface area contributed by atoms with Gasteiger partial charge in [0.25, 0.3) is 5.91 Å². The zero-order chi connectivity index (χ0) is 22.0. The molecule has 0 bridgehead atoms. The lowest BCUT2D eigenvalue weighted by Gasteiger charge is -2.10. The average Bonchev–Trinajstić information content (AvgIpc) is 3.12. The van der Waals surface area contributed by atoms with E-state index < -0.39 is 0 Å². The summed E-state index contributed by atoms with van der Waals surface area (Å²) in [5, 5.41) is 3.84. The van der Waals surface area contributed by atoms with E-state index in [4.69, 9.17) is 32.4 Å². The molecule has 0 saturated carbocycles. The molecule has 158 valence electrons. The average molecular weight is 455 g/mol. The van der Waals surface area contributed by atoms with E-state index in [9.17, 15) is 4.79 Å². The van der Waals surface area contributed by atoms with Crippen LogP contribution in [-0.2, 0) is 6.42 Å². The first-order valence-electron chi connectivity index (χ1n) is 9.79. The predicted molar refractivity (Wildman–Crippen MR) is 123 cm³/mol. The van der Waals surface area contributed by atoms with Crippen LogP contribution in [0.15, 0.2) is 65.1 Å². The number of benzene rings is 3. The number of hydrogen-bond donors (Lipinski definition) is 1. The summed E-state index contributed by atoms with van der Waals surface area (Å²) < 4.78 is 11.4. The van der Waals surface area contributed by atoms with E-state index in [0.29, 0.717) is 44.7 Å². The molecule has 1 amide bonds. The van der Waals surface area contributed by atoms with E-state index in [1.54, 1.807) is 36.4 Å². The Morgan fingerprint density at radius 3 is 2.45 bits per heavy atom. The van der Waals surface area contributed by atoms with Crippen LogP contribution in [0.2, 0.25) is 10.0 Å². The fraction of sp³-hybridized carbons (Fsp3) is 0.167. The Kier molecular flexibility index (Phi) is 6.16. The fourth-order valence-corrected chi connectivity index (χ4v) is 3.64. The number of nitrogens with zero attached hydrogens (tertiary/aromatic N) is 1. The molecule has 0 aliphatic heterocycles. The summed E-state index contributed by atoms with van der Waals surface area (Å²) in [5.41, 5.74) is 3.39. The third kappa shape index (κ3) is 5.19. The summed E-state index contributed by atoms with van der Waals surface area (Å²) in [6, 6.07) is 17.9. The number of hydrogen-bond acceptors (Lipinski definition) is 4. The second-order valence-electron chi connectivity index (χ2n) is 7.36. The fourth-order valence-electron chi connectivity index (χ4n) is 3.12. The predicted octanol–water partition coefficient (Wildman–Crippen LogP) is 6.76. The van der Waals surface area contributed by atoms with Crippen molar-refractivity contribution >= 4 is 45.9 Å². The number of anilines is 1. The molecule has 0 fully saturated rings. The SMILES string of the molecule is CC(C)Oc1ccc(C(=O)Nc2ccc(Cc3nc4cc(Cl)cc(Cl)c4o3)cc2)cc1. The molecule has 0 saturated heterocycles. The lowest BCUT2D eigenvalue weighted by Crippen LogP contribution is -2.12. The Morgan fingerprint density at radius 2 is 1.77 bits per heavy atom. The molecular formula is C24H20Cl2N2O3. The number of amides is 1. The van der Waals surface area contributed by atoms with Crippen LogP contribution in [0.25, 0.3) is 11.1 Å². The zero-order valence-electron chi connectivity index (χ0n) is 17.0. The van der Waals surface area contributed by atoms with Gasteiger partial charge in [-0.15, -0.1) is 0 Å². The van der Waals surface area contributed by atoms with Crippen LogP contribution in [0.4, 0.5) is 5.69 Å². The largest absolute Gasteiger partial charge is 0.491 e. The molecule has 31 heavy (non-hydrogen) atoms. The standard InChI is InChI=1S/C24H20Cl2N2O3/c1-14(2)30-19-9-5-16(6-10-19)24(29)27-18-7-3-15(4-8-18)11-22-28-21-13-17(25)12-20(26)23(21)31-22/h3-10,12-14H,11H2,1-2H3,(H,27,29). The van der Waals surface area contributed by atoms with Gasteiger partial charge in [-0.3, -0.25) is 4.79 Å². The lowest BCUT2D eigenvalue weighted by atomic mass is 10.1. The maximum atomic E-state index is 12.5. The van der Waals surface area contributed by atoms with Gasteiger partial charge in [0.15, 0.2) is 11.5 Å². The number of nitrogens with one attached hydrogen (secondary N) is 1. The monoisotopic (exact) mass is 454 g/mol. The van der Waals surface area contributed by atoms with Gasteiger partial charge in [-0.05, 0) is 67.9 Å². The summed E-state index contributed by atoms with van der Waals surface area (Å²) in [6.07, 6.45) is 0.580. The first-order valence-corrected chi connectivity index (χ1v) is 10.5. The molecule has 4 aromatic rings. The number of halogens is 2. The Morgan fingerprint density at radius 1 is 1.06 bits per heavy atom. The molecule has 0 atom stereocenters. The third-order valence-corrected chi connectivity index (χ3v) is 5.01. The quantitative estimate of drug-likeness (QED) is 0.349. The first-order chi connectivity index (χ1) is 14.9. The Hall–Kier alpha value is -3.02. The van der Waals surface area contributed by atoms with Crippen molar-refractivity contribution in [1.29, 1.82) is 0 Å². The van der Waals surface area contributed by atoms with E-state index in [1.165, 1.54) is 0 Å². The van der Waals surface area contributed by atoms with Crippen molar-refractivity contribution in [1.82, 2.24) is 4.98 Å². The second kappa shape index (κ2) is 9.00. The van der Waals surface area contributed by atoms with Gasteiger partial charge in [0.05, 0.1) is 11.1 Å². The van der Waals surface area contributed by atoms with Gasteiger partial charge in [0, 0.05) is 22.7 Å². The maximum absolute atomic E-state index is 12.5. The molecule has 0 spiro atoms. The second-order valence-corrected chi connectivity index (χ2v) is 8.21. The topological polar surface area (TPSA) is 64.4 Å². The van der Waals surface area contributed by atoms with Gasteiger partial charge in [-0.2, -0.15) is 0 Å². The highest BCUT2D eigenvalue weighted by Gasteiger charge is 2.12. The van der Waals surface area contributed by atoms with Crippen LogP contribution in [-0.4, -0.2) is 17.0 Å². The van der Waals surface area contributed by atoms with Crippen LogP contribution in [0.1, 0.15) is 35.7 Å². The van der Waals surface area contributed by atoms with Crippen molar-refractivity contribution in [3.8, 4) is 5.75 Å². The number of oxazole rings is 1. The highest BCUT2D eigenvalue weighted by Crippen LogP contribution is 2.29. The van der Waals surface area contributed by atoms with Crippen molar-refractivity contribution in [3.63, 3.8) is 0 Å². The number of aromatic nitrogens is 1. The minimum Gasteiger partial charge on any atom is -0.491 e. The van der Waals surface area contributed by atoms with Crippen LogP contribution in [0, 0.1) is 0 Å². The van der Waals surface area contributed by atoms with E-state index >= 15 is 0 Å². The van der Waals surface area contributed by atoms with Gasteiger partial charge >= 0.3 is 0 Å². The van der Waals surface area contributed by atoms with E-state index in [0.717, 1.165) is 11.3 Å².